The van der Waals surface area contributed by atoms with Gasteiger partial charge in [0.25, 0.3) is 0 Å². The smallest absolute Gasteiger partial charge is 0.0931 e. The molecule has 1 N–H and O–H groups in total. The maximum atomic E-state index is 6.00. The normalized spacial score (nSPS) is 12.6. The van der Waals surface area contributed by atoms with Gasteiger partial charge in [-0.05, 0) is 42.4 Å². The lowest BCUT2D eigenvalue weighted by Crippen LogP contribution is -2.22. The molecular weight excluding hydrogens is 409 g/mol. The molecule has 0 saturated heterocycles. The molecule has 2 rings (SSSR count). The Morgan fingerprint density at radius 3 is 2.42 bits per heavy atom. The summed E-state index contributed by atoms with van der Waals surface area (Å²) < 4.78 is 3.02. The second kappa shape index (κ2) is 7.23. The van der Waals surface area contributed by atoms with Crippen molar-refractivity contribution < 1.29 is 0 Å². The molecule has 0 aliphatic heterocycles. The van der Waals surface area contributed by atoms with Crippen LogP contribution in [0.3, 0.4) is 0 Å². The summed E-state index contributed by atoms with van der Waals surface area (Å²) >= 11 is 14.7. The maximum Gasteiger partial charge on any atom is 0.0931 e. The zero-order chi connectivity index (χ0) is 13.8. The van der Waals surface area contributed by atoms with Crippen LogP contribution >= 0.6 is 54.8 Å². The Morgan fingerprint density at radius 1 is 1.21 bits per heavy atom. The first-order valence-corrected chi connectivity index (χ1v) is 8.80. The molecule has 1 nitrogen and oxygen atoms in total. The highest BCUT2D eigenvalue weighted by Crippen LogP contribution is 2.29. The molecule has 5 heteroatoms. The van der Waals surface area contributed by atoms with Crippen LogP contribution in [0.1, 0.15) is 23.4 Å². The summed E-state index contributed by atoms with van der Waals surface area (Å²) in [5.41, 5.74) is 1.27. The van der Waals surface area contributed by atoms with Gasteiger partial charge >= 0.3 is 0 Å². The molecule has 0 amide bonds. The monoisotopic (exact) mass is 421 g/mol. The fourth-order valence-electron chi connectivity index (χ4n) is 1.99. The Kier molecular flexibility index (Phi) is 5.90. The van der Waals surface area contributed by atoms with Gasteiger partial charge in [0, 0.05) is 26.3 Å². The zero-order valence-electron chi connectivity index (χ0n) is 10.4. The van der Waals surface area contributed by atoms with E-state index in [9.17, 15) is 0 Å². The van der Waals surface area contributed by atoms with Gasteiger partial charge in [0.2, 0.25) is 0 Å². The van der Waals surface area contributed by atoms with Gasteiger partial charge in [0.15, 0.2) is 0 Å². The lowest BCUT2D eigenvalue weighted by Gasteiger charge is -2.18. The van der Waals surface area contributed by atoms with Crippen molar-refractivity contribution in [3.63, 3.8) is 0 Å². The van der Waals surface area contributed by atoms with E-state index < -0.39 is 0 Å². The first-order chi connectivity index (χ1) is 9.08. The summed E-state index contributed by atoms with van der Waals surface area (Å²) in [5.74, 6) is 0. The van der Waals surface area contributed by atoms with Crippen molar-refractivity contribution in [2.24, 2.45) is 0 Å². The zero-order valence-corrected chi connectivity index (χ0v) is 15.2. The first kappa shape index (κ1) is 15.5. The minimum Gasteiger partial charge on any atom is -0.310 e. The van der Waals surface area contributed by atoms with Gasteiger partial charge in [-0.3, -0.25) is 0 Å². The van der Waals surface area contributed by atoms with Gasteiger partial charge < -0.3 is 5.32 Å². The van der Waals surface area contributed by atoms with Gasteiger partial charge in [0.1, 0.15) is 0 Å². The summed E-state index contributed by atoms with van der Waals surface area (Å²) in [6.07, 6.45) is 0.952. The second-order valence-electron chi connectivity index (χ2n) is 4.22. The maximum absolute atomic E-state index is 6.00. The molecule has 0 spiro atoms. The van der Waals surface area contributed by atoms with E-state index in [1.165, 1.54) is 10.4 Å². The minimum atomic E-state index is 0.300. The van der Waals surface area contributed by atoms with Gasteiger partial charge in [-0.1, -0.05) is 50.4 Å². The third kappa shape index (κ3) is 4.57. The van der Waals surface area contributed by atoms with Crippen LogP contribution < -0.4 is 5.32 Å². The molecule has 0 radical (unpaired) electrons. The number of hydrogen-bond donors (Lipinski definition) is 1. The molecule has 0 aliphatic rings. The van der Waals surface area contributed by atoms with Crippen molar-refractivity contribution in [2.75, 3.05) is 6.54 Å². The predicted molar refractivity (Wildman–Crippen MR) is 91.3 cm³/mol. The molecule has 1 aromatic heterocycles. The minimum absolute atomic E-state index is 0.300. The van der Waals surface area contributed by atoms with E-state index in [2.05, 4.69) is 68.4 Å². The molecule has 1 unspecified atom stereocenters. The molecule has 19 heavy (non-hydrogen) atoms. The summed E-state index contributed by atoms with van der Waals surface area (Å²) in [4.78, 5) is 1.30. The molecule has 0 fully saturated rings. The van der Waals surface area contributed by atoms with E-state index in [1.54, 1.807) is 11.3 Å². The van der Waals surface area contributed by atoms with E-state index in [-0.39, 0.29) is 0 Å². The lowest BCUT2D eigenvalue weighted by atomic mass is 10.0. The van der Waals surface area contributed by atoms with Crippen LogP contribution in [-0.4, -0.2) is 6.54 Å². The van der Waals surface area contributed by atoms with Gasteiger partial charge in [0.05, 0.1) is 4.34 Å². The Balaban J connectivity index is 2.23. The summed E-state index contributed by atoms with van der Waals surface area (Å²) in [6.45, 7) is 3.06. The average Bonchev–Trinajstić information content (AvgIpc) is 2.73. The fraction of sp³-hybridized carbons (Fsp3) is 0.286. The van der Waals surface area contributed by atoms with Crippen LogP contribution in [-0.2, 0) is 6.42 Å². The van der Waals surface area contributed by atoms with Crippen LogP contribution in [0.25, 0.3) is 0 Å². The second-order valence-corrected chi connectivity index (χ2v) is 7.85. The number of benzene rings is 1. The van der Waals surface area contributed by atoms with Crippen molar-refractivity contribution in [1.29, 1.82) is 0 Å². The van der Waals surface area contributed by atoms with Crippen molar-refractivity contribution >= 4 is 54.8 Å². The van der Waals surface area contributed by atoms with E-state index in [1.807, 2.05) is 6.07 Å². The predicted octanol–water partition coefficient (Wildman–Crippen LogP) is 5.82. The SMILES string of the molecule is CCNC(Cc1ccc(Cl)s1)c1cc(Br)cc(Br)c1. The van der Waals surface area contributed by atoms with E-state index >= 15 is 0 Å². The van der Waals surface area contributed by atoms with Gasteiger partial charge in [-0.25, -0.2) is 0 Å². The van der Waals surface area contributed by atoms with E-state index in [0.717, 1.165) is 26.2 Å². The number of thiophene rings is 1. The van der Waals surface area contributed by atoms with Crippen LogP contribution in [0.2, 0.25) is 4.34 Å². The number of rotatable bonds is 5. The number of hydrogen-bond acceptors (Lipinski definition) is 2. The molecule has 0 bridgehead atoms. The summed E-state index contributed by atoms with van der Waals surface area (Å²) in [7, 11) is 0. The lowest BCUT2D eigenvalue weighted by molar-refractivity contribution is 0.553. The van der Waals surface area contributed by atoms with Crippen LogP contribution in [0.5, 0.6) is 0 Å². The Bertz CT molecular complexity index is 536. The topological polar surface area (TPSA) is 12.0 Å². The molecule has 1 aromatic carbocycles. The third-order valence-electron chi connectivity index (χ3n) is 2.77. The highest BCUT2D eigenvalue weighted by atomic mass is 79.9. The molecule has 102 valence electrons. The molecule has 1 atom stereocenters. The molecular formula is C14H14Br2ClNS. The number of halogens is 3. The summed E-state index contributed by atoms with van der Waals surface area (Å²) in [5, 5.41) is 3.53. The highest BCUT2D eigenvalue weighted by molar-refractivity contribution is 9.11. The van der Waals surface area contributed by atoms with E-state index in [0.29, 0.717) is 6.04 Å². The third-order valence-corrected chi connectivity index (χ3v) is 4.94. The van der Waals surface area contributed by atoms with E-state index in [4.69, 9.17) is 11.6 Å². The number of nitrogens with one attached hydrogen (secondary N) is 1. The van der Waals surface area contributed by atoms with Gasteiger partial charge in [-0.15, -0.1) is 11.3 Å². The van der Waals surface area contributed by atoms with Crippen LogP contribution in [0.15, 0.2) is 39.3 Å². The fourth-order valence-corrected chi connectivity index (χ4v) is 4.46. The Labute approximate surface area is 139 Å². The Hall–Kier alpha value is 0.130. The average molecular weight is 424 g/mol. The molecule has 1 heterocycles. The van der Waals surface area contributed by atoms with Crippen LogP contribution in [0.4, 0.5) is 0 Å². The highest BCUT2D eigenvalue weighted by Gasteiger charge is 2.13. The van der Waals surface area contributed by atoms with Crippen molar-refractivity contribution in [3.8, 4) is 0 Å². The van der Waals surface area contributed by atoms with Crippen molar-refractivity contribution in [2.45, 2.75) is 19.4 Å². The number of likely N-dealkylation sites (N-methyl/N-ethyl adjacent to an activating group) is 1. The van der Waals surface area contributed by atoms with Crippen molar-refractivity contribution in [1.82, 2.24) is 5.32 Å². The first-order valence-electron chi connectivity index (χ1n) is 6.02. The standard InChI is InChI=1S/C14H14Br2ClNS/c1-2-18-13(8-12-3-4-14(17)19-12)9-5-10(15)7-11(16)6-9/h3-7,13,18H,2,8H2,1H3. The van der Waals surface area contributed by atoms with Crippen molar-refractivity contribution in [3.05, 3.63) is 54.1 Å². The summed E-state index contributed by atoms with van der Waals surface area (Å²) in [6, 6.07) is 10.7. The Morgan fingerprint density at radius 2 is 1.89 bits per heavy atom. The van der Waals surface area contributed by atoms with Crippen LogP contribution in [0, 0.1) is 0 Å². The molecule has 0 saturated carbocycles. The largest absolute Gasteiger partial charge is 0.310 e. The molecule has 0 aliphatic carbocycles. The van der Waals surface area contributed by atoms with Gasteiger partial charge in [-0.2, -0.15) is 0 Å². The molecule has 2 aromatic rings. The quantitative estimate of drug-likeness (QED) is 0.639.